The average molecular weight is 533 g/mol. The second-order valence-electron chi connectivity index (χ2n) is 7.37. The molecule has 0 aliphatic carbocycles. The van der Waals surface area contributed by atoms with Crippen molar-refractivity contribution in [3.8, 4) is 17.2 Å². The van der Waals surface area contributed by atoms with E-state index in [0.717, 1.165) is 28.2 Å². The Kier molecular flexibility index (Phi) is 7.16. The van der Waals surface area contributed by atoms with Crippen molar-refractivity contribution in [2.75, 3.05) is 19.0 Å². The summed E-state index contributed by atoms with van der Waals surface area (Å²) in [6.45, 7) is 1.63. The molecule has 0 radical (unpaired) electrons. The highest BCUT2D eigenvalue weighted by atomic mass is 32.1. The molecule has 0 aliphatic rings. The Labute approximate surface area is 211 Å². The fourth-order valence-corrected chi connectivity index (χ4v) is 4.33. The molecule has 0 aliphatic heterocycles. The van der Waals surface area contributed by atoms with Crippen LogP contribution in [0.2, 0.25) is 0 Å². The van der Waals surface area contributed by atoms with Gasteiger partial charge in [0.2, 0.25) is 0 Å². The van der Waals surface area contributed by atoms with Gasteiger partial charge < -0.3 is 19.5 Å². The maximum absolute atomic E-state index is 13.4. The molecule has 4 aromatic rings. The number of rotatable bonds is 7. The van der Waals surface area contributed by atoms with Crippen LogP contribution in [-0.4, -0.2) is 41.7 Å². The summed E-state index contributed by atoms with van der Waals surface area (Å²) in [7, 11) is 1.46. The molecular weight excluding hydrogens is 515 g/mol. The van der Waals surface area contributed by atoms with Crippen molar-refractivity contribution >= 4 is 39.0 Å². The molecule has 1 amide bonds. The summed E-state index contributed by atoms with van der Waals surface area (Å²) in [5, 5.41) is 8.55. The number of halogens is 3. The molecule has 37 heavy (non-hydrogen) atoms. The zero-order chi connectivity index (χ0) is 26.7. The molecular formula is C24H18F3N3O6S. The third-order valence-electron chi connectivity index (χ3n) is 5.00. The zero-order valence-electron chi connectivity index (χ0n) is 19.3. The van der Waals surface area contributed by atoms with Crippen LogP contribution in [-0.2, 0) is 4.74 Å². The molecule has 192 valence electrons. The summed E-state index contributed by atoms with van der Waals surface area (Å²) in [6.07, 6.45) is -4.89. The van der Waals surface area contributed by atoms with Gasteiger partial charge in [-0.05, 0) is 49.4 Å². The molecule has 0 saturated carbocycles. The summed E-state index contributed by atoms with van der Waals surface area (Å²) in [5.74, 6) is -1.39. The van der Waals surface area contributed by atoms with E-state index in [2.05, 4.69) is 15.2 Å². The van der Waals surface area contributed by atoms with Gasteiger partial charge in [0.05, 0.1) is 24.8 Å². The normalized spacial score (nSPS) is 11.3. The lowest BCUT2D eigenvalue weighted by Crippen LogP contribution is -2.25. The molecule has 0 fully saturated rings. The number of ether oxygens (including phenoxy) is 3. The lowest BCUT2D eigenvalue weighted by Gasteiger charge is -2.12. The fourth-order valence-electron chi connectivity index (χ4n) is 3.40. The number of esters is 1. The molecule has 0 saturated heterocycles. The average Bonchev–Trinajstić information content (AvgIpc) is 3.28. The maximum Gasteiger partial charge on any atom is 0.573 e. The highest BCUT2D eigenvalue weighted by Gasteiger charge is 2.31. The number of nitrogens with zero attached hydrogens (tertiary/aromatic N) is 2. The number of amides is 1. The SMILES string of the molecule is CCOC(=O)c1nn(-c2ccc(OC(F)(F)F)cc2)c(=O)c2c(NC(=O)c3cccc(OC)c3)scc12. The smallest absolute Gasteiger partial charge is 0.497 e. The number of aromatic nitrogens is 2. The predicted octanol–water partition coefficient (Wildman–Crippen LogP) is 4.78. The molecule has 2 aromatic heterocycles. The second kappa shape index (κ2) is 10.3. The molecule has 2 heterocycles. The van der Waals surface area contributed by atoms with Gasteiger partial charge >= 0.3 is 12.3 Å². The second-order valence-corrected chi connectivity index (χ2v) is 8.25. The number of alkyl halides is 3. The molecule has 0 spiro atoms. The van der Waals surface area contributed by atoms with Gasteiger partial charge in [-0.2, -0.15) is 9.78 Å². The van der Waals surface area contributed by atoms with Gasteiger partial charge in [0, 0.05) is 16.3 Å². The van der Waals surface area contributed by atoms with Gasteiger partial charge in [0.15, 0.2) is 5.69 Å². The van der Waals surface area contributed by atoms with Crippen molar-refractivity contribution in [2.24, 2.45) is 0 Å². The van der Waals surface area contributed by atoms with Crippen molar-refractivity contribution < 1.29 is 37.0 Å². The minimum absolute atomic E-state index is 0.0186. The van der Waals surface area contributed by atoms with Crippen molar-refractivity contribution in [3.05, 3.63) is 75.5 Å². The van der Waals surface area contributed by atoms with Crippen molar-refractivity contribution in [2.45, 2.75) is 13.3 Å². The first-order chi connectivity index (χ1) is 17.6. The number of methoxy groups -OCH3 is 1. The number of hydrogen-bond acceptors (Lipinski definition) is 8. The van der Waals surface area contributed by atoms with Crippen LogP contribution in [0.1, 0.15) is 27.8 Å². The third-order valence-corrected chi connectivity index (χ3v) is 5.89. The summed E-state index contributed by atoms with van der Waals surface area (Å²) in [6, 6.07) is 10.7. The van der Waals surface area contributed by atoms with E-state index in [1.165, 1.54) is 30.7 Å². The minimum atomic E-state index is -4.89. The highest BCUT2D eigenvalue weighted by molar-refractivity contribution is 7.16. The Bertz CT molecular complexity index is 1530. The van der Waals surface area contributed by atoms with E-state index in [9.17, 15) is 27.6 Å². The quantitative estimate of drug-likeness (QED) is 0.341. The Morgan fingerprint density at radius 1 is 1.11 bits per heavy atom. The number of hydrogen-bond donors (Lipinski definition) is 1. The summed E-state index contributed by atoms with van der Waals surface area (Å²) in [4.78, 5) is 39.0. The van der Waals surface area contributed by atoms with E-state index in [1.54, 1.807) is 25.1 Å². The van der Waals surface area contributed by atoms with Crippen LogP contribution >= 0.6 is 11.3 Å². The highest BCUT2D eigenvalue weighted by Crippen LogP contribution is 2.31. The lowest BCUT2D eigenvalue weighted by atomic mass is 10.2. The first-order valence-electron chi connectivity index (χ1n) is 10.6. The van der Waals surface area contributed by atoms with Crippen molar-refractivity contribution in [1.82, 2.24) is 9.78 Å². The van der Waals surface area contributed by atoms with Gasteiger partial charge in [0.1, 0.15) is 16.5 Å². The van der Waals surface area contributed by atoms with Crippen molar-refractivity contribution in [3.63, 3.8) is 0 Å². The van der Waals surface area contributed by atoms with Crippen LogP contribution < -0.4 is 20.3 Å². The van der Waals surface area contributed by atoms with E-state index in [4.69, 9.17) is 9.47 Å². The summed E-state index contributed by atoms with van der Waals surface area (Å²) < 4.78 is 52.5. The van der Waals surface area contributed by atoms with Gasteiger partial charge in [-0.1, -0.05) is 6.07 Å². The van der Waals surface area contributed by atoms with E-state index >= 15 is 0 Å². The van der Waals surface area contributed by atoms with E-state index in [-0.39, 0.29) is 39.3 Å². The molecule has 4 rings (SSSR count). The number of carbonyl (C=O) groups excluding carboxylic acids is 2. The Morgan fingerprint density at radius 3 is 2.49 bits per heavy atom. The Morgan fingerprint density at radius 2 is 1.84 bits per heavy atom. The zero-order valence-corrected chi connectivity index (χ0v) is 20.1. The van der Waals surface area contributed by atoms with E-state index in [1.807, 2.05) is 0 Å². The van der Waals surface area contributed by atoms with Crippen LogP contribution in [0.15, 0.2) is 58.7 Å². The number of anilines is 1. The molecule has 1 N–H and O–H groups in total. The fraction of sp³-hybridized carbons (Fsp3) is 0.167. The third kappa shape index (κ3) is 5.56. The van der Waals surface area contributed by atoms with Crippen LogP contribution in [0.3, 0.4) is 0 Å². The van der Waals surface area contributed by atoms with Crippen molar-refractivity contribution in [1.29, 1.82) is 0 Å². The van der Waals surface area contributed by atoms with Gasteiger partial charge in [0.25, 0.3) is 11.5 Å². The molecule has 0 bridgehead atoms. The van der Waals surface area contributed by atoms with E-state index < -0.39 is 29.5 Å². The monoisotopic (exact) mass is 533 g/mol. The maximum atomic E-state index is 13.4. The van der Waals surface area contributed by atoms with Gasteiger partial charge in [-0.3, -0.25) is 9.59 Å². The van der Waals surface area contributed by atoms with E-state index in [0.29, 0.717) is 5.75 Å². The number of benzene rings is 2. The number of thiophene rings is 1. The van der Waals surface area contributed by atoms with Crippen LogP contribution in [0.4, 0.5) is 18.2 Å². The Hall–Kier alpha value is -4.39. The molecule has 13 heteroatoms. The molecule has 2 aromatic carbocycles. The Balaban J connectivity index is 1.81. The first-order valence-corrected chi connectivity index (χ1v) is 11.5. The number of fused-ring (bicyclic) bond motifs is 1. The standard InChI is InChI=1S/C24H18F3N3O6S/c1-3-35-23(33)19-17-12-37-21(28-20(31)13-5-4-6-16(11-13)34-2)18(17)22(32)30(29-19)14-7-9-15(10-8-14)36-24(25,26)27/h4-12H,3H2,1-2H3,(H,28,31). The summed E-state index contributed by atoms with van der Waals surface area (Å²) >= 11 is 1.00. The summed E-state index contributed by atoms with van der Waals surface area (Å²) in [5.41, 5.74) is -0.593. The largest absolute Gasteiger partial charge is 0.573 e. The van der Waals surface area contributed by atoms with Crippen LogP contribution in [0, 0.1) is 0 Å². The van der Waals surface area contributed by atoms with Gasteiger partial charge in [-0.15, -0.1) is 24.5 Å². The predicted molar refractivity (Wildman–Crippen MR) is 129 cm³/mol. The topological polar surface area (TPSA) is 109 Å². The number of carbonyl (C=O) groups is 2. The molecule has 0 unspecified atom stereocenters. The molecule has 9 nitrogen and oxygen atoms in total. The number of nitrogens with one attached hydrogen (secondary N) is 1. The van der Waals surface area contributed by atoms with Crippen LogP contribution in [0.5, 0.6) is 11.5 Å². The van der Waals surface area contributed by atoms with Crippen LogP contribution in [0.25, 0.3) is 16.5 Å². The van der Waals surface area contributed by atoms with Gasteiger partial charge in [-0.25, -0.2) is 4.79 Å². The first kappa shape index (κ1) is 25.7. The lowest BCUT2D eigenvalue weighted by molar-refractivity contribution is -0.274. The molecule has 0 atom stereocenters. The minimum Gasteiger partial charge on any atom is -0.497 e.